The van der Waals surface area contributed by atoms with Crippen molar-refractivity contribution in [1.82, 2.24) is 14.5 Å². The van der Waals surface area contributed by atoms with Crippen LogP contribution in [0, 0.1) is 0 Å². The number of pyridine rings is 1. The smallest absolute Gasteiger partial charge is 0.480 e. The highest BCUT2D eigenvalue weighted by atomic mass is 19.4. The van der Waals surface area contributed by atoms with E-state index in [9.17, 15) is 13.2 Å². The third kappa shape index (κ3) is 5.66. The number of fused-ring (bicyclic) bond motifs is 2. The number of para-hydroxylation sites is 4. The molecule has 0 bridgehead atoms. The van der Waals surface area contributed by atoms with E-state index < -0.39 is 6.36 Å². The minimum Gasteiger partial charge on any atom is -0.480 e. The standard InChI is InChI=1S/C30H26F3N5O3/c1-39-29-21(8-6-14-34-29)37-22-17-24-27(18-23(22)35-19-12-15-40-16-13-19)38(25-9-3-2-7-20(25)36-24)26-10-4-5-11-28(26)41-30(31,32)33/h2-11,14,17-19,37H,12-13,15-16H2,1H3/b35-23+. The molecule has 0 amide bonds. The molecular weight excluding hydrogens is 535 g/mol. The fourth-order valence-corrected chi connectivity index (χ4v) is 4.97. The molecule has 3 aliphatic rings. The van der Waals surface area contributed by atoms with Crippen LogP contribution in [-0.2, 0) is 4.74 Å². The van der Waals surface area contributed by atoms with E-state index >= 15 is 0 Å². The summed E-state index contributed by atoms with van der Waals surface area (Å²) in [6, 6.07) is 20.7. The molecule has 8 nitrogen and oxygen atoms in total. The number of hydrogen-bond donors (Lipinski definition) is 1. The van der Waals surface area contributed by atoms with Crippen molar-refractivity contribution in [3.05, 3.63) is 84.4 Å². The van der Waals surface area contributed by atoms with Crippen molar-refractivity contribution in [1.29, 1.82) is 0 Å². The highest BCUT2D eigenvalue weighted by molar-refractivity contribution is 5.85. The first-order valence-corrected chi connectivity index (χ1v) is 13.1. The first-order chi connectivity index (χ1) is 19.9. The summed E-state index contributed by atoms with van der Waals surface area (Å²) >= 11 is 0. The Labute approximate surface area is 233 Å². The molecule has 6 rings (SSSR count). The second kappa shape index (κ2) is 11.1. The van der Waals surface area contributed by atoms with Crippen LogP contribution in [0.3, 0.4) is 0 Å². The molecular formula is C30H26F3N5O3. The molecule has 0 radical (unpaired) electrons. The van der Waals surface area contributed by atoms with Crippen LogP contribution in [0.25, 0.3) is 28.1 Å². The number of nitrogens with zero attached hydrogens (tertiary/aromatic N) is 4. The van der Waals surface area contributed by atoms with Crippen molar-refractivity contribution >= 4 is 22.4 Å². The Kier molecular flexibility index (Phi) is 7.19. The Hall–Kier alpha value is -4.64. The van der Waals surface area contributed by atoms with Crippen molar-refractivity contribution in [3.8, 4) is 28.7 Å². The molecule has 41 heavy (non-hydrogen) atoms. The second-order valence-electron chi connectivity index (χ2n) is 9.47. The number of anilines is 2. The molecule has 0 unspecified atom stereocenters. The number of aromatic nitrogens is 3. The second-order valence-corrected chi connectivity index (χ2v) is 9.47. The van der Waals surface area contributed by atoms with Crippen molar-refractivity contribution in [3.63, 3.8) is 0 Å². The molecule has 0 saturated carbocycles. The number of ether oxygens (including phenoxy) is 3. The van der Waals surface area contributed by atoms with E-state index in [1.807, 2.05) is 42.5 Å². The molecule has 0 spiro atoms. The van der Waals surface area contributed by atoms with Crippen LogP contribution < -0.4 is 20.1 Å². The number of methoxy groups -OCH3 is 1. The predicted octanol–water partition coefficient (Wildman–Crippen LogP) is 6.26. The van der Waals surface area contributed by atoms with Crippen LogP contribution in [0.5, 0.6) is 11.6 Å². The Morgan fingerprint density at radius 2 is 1.76 bits per heavy atom. The molecule has 210 valence electrons. The molecule has 1 aliphatic carbocycles. The van der Waals surface area contributed by atoms with Gasteiger partial charge in [0.25, 0.3) is 0 Å². The Balaban J connectivity index is 1.63. The van der Waals surface area contributed by atoms with Gasteiger partial charge in [-0.2, -0.15) is 0 Å². The topological polar surface area (TPSA) is 82.8 Å². The molecule has 1 fully saturated rings. The maximum absolute atomic E-state index is 13.4. The van der Waals surface area contributed by atoms with E-state index in [4.69, 9.17) is 19.5 Å². The molecule has 2 aliphatic heterocycles. The largest absolute Gasteiger partial charge is 0.573 e. The number of halogens is 3. The van der Waals surface area contributed by atoms with Crippen molar-refractivity contribution < 1.29 is 27.4 Å². The van der Waals surface area contributed by atoms with E-state index in [1.165, 1.54) is 19.2 Å². The minimum atomic E-state index is -4.86. The maximum Gasteiger partial charge on any atom is 0.573 e. The quantitative estimate of drug-likeness (QED) is 0.247. The van der Waals surface area contributed by atoms with Crippen LogP contribution in [0.4, 0.5) is 24.5 Å². The molecule has 3 heterocycles. The molecule has 0 atom stereocenters. The fourth-order valence-electron chi connectivity index (χ4n) is 4.97. The zero-order valence-electron chi connectivity index (χ0n) is 22.1. The van der Waals surface area contributed by atoms with Crippen LogP contribution >= 0.6 is 0 Å². The third-order valence-electron chi connectivity index (χ3n) is 6.78. The fraction of sp³-hybridized carbons (Fsp3) is 0.233. The SMILES string of the molecule is COc1ncccc1Nc1cc2nc3ccccc3n(-c3ccccc3OC(F)(F)F)c-2c/c1=N\C1CCOCC1. The summed E-state index contributed by atoms with van der Waals surface area (Å²) in [4.78, 5) is 14.2. The number of hydrogen-bond acceptors (Lipinski definition) is 7. The van der Waals surface area contributed by atoms with Gasteiger partial charge in [0.1, 0.15) is 5.69 Å². The predicted molar refractivity (Wildman–Crippen MR) is 148 cm³/mol. The average molecular weight is 562 g/mol. The molecule has 1 saturated heterocycles. The first-order valence-electron chi connectivity index (χ1n) is 13.1. The minimum absolute atomic E-state index is 0.0141. The summed E-state index contributed by atoms with van der Waals surface area (Å²) in [6.45, 7) is 1.21. The summed E-state index contributed by atoms with van der Waals surface area (Å²) in [5, 5.41) is 4.01. The van der Waals surface area contributed by atoms with Crippen molar-refractivity contribution in [2.75, 3.05) is 25.6 Å². The lowest BCUT2D eigenvalue weighted by Crippen LogP contribution is -2.23. The Morgan fingerprint density at radius 3 is 2.56 bits per heavy atom. The first kappa shape index (κ1) is 26.6. The van der Waals surface area contributed by atoms with E-state index in [0.717, 1.165) is 12.8 Å². The summed E-state index contributed by atoms with van der Waals surface area (Å²) in [5.74, 6) is 0.0808. The zero-order valence-corrected chi connectivity index (χ0v) is 22.1. The zero-order chi connectivity index (χ0) is 28.4. The Morgan fingerprint density at radius 1 is 0.976 bits per heavy atom. The summed E-state index contributed by atoms with van der Waals surface area (Å²) in [7, 11) is 1.54. The monoisotopic (exact) mass is 561 g/mol. The lowest BCUT2D eigenvalue weighted by molar-refractivity contribution is -0.274. The van der Waals surface area contributed by atoms with Crippen molar-refractivity contribution in [2.45, 2.75) is 25.2 Å². The average Bonchev–Trinajstić information content (AvgIpc) is 2.97. The normalized spacial score (nSPS) is 14.9. The van der Waals surface area contributed by atoms with E-state index in [1.54, 1.807) is 29.0 Å². The molecule has 1 aromatic heterocycles. The van der Waals surface area contributed by atoms with E-state index in [2.05, 4.69) is 15.0 Å². The van der Waals surface area contributed by atoms with Crippen LogP contribution in [0.2, 0.25) is 0 Å². The maximum atomic E-state index is 13.4. The van der Waals surface area contributed by atoms with Crippen molar-refractivity contribution in [2.24, 2.45) is 4.99 Å². The molecule has 2 aromatic carbocycles. The van der Waals surface area contributed by atoms with Gasteiger partial charge in [0.15, 0.2) is 5.75 Å². The molecule has 3 aromatic rings. The highest BCUT2D eigenvalue weighted by Gasteiger charge is 2.33. The van der Waals surface area contributed by atoms with Gasteiger partial charge < -0.3 is 24.1 Å². The lowest BCUT2D eigenvalue weighted by atomic mass is 10.1. The summed E-state index contributed by atoms with van der Waals surface area (Å²) in [6.07, 6.45) is -1.72. The molecule has 11 heteroatoms. The Bertz CT molecular complexity index is 1730. The van der Waals surface area contributed by atoms with Gasteiger partial charge in [-0.15, -0.1) is 13.2 Å². The van der Waals surface area contributed by atoms with Gasteiger partial charge in [0.2, 0.25) is 5.88 Å². The number of benzene rings is 3. The third-order valence-corrected chi connectivity index (χ3v) is 6.78. The van der Waals surface area contributed by atoms with E-state index in [0.29, 0.717) is 58.2 Å². The van der Waals surface area contributed by atoms with Gasteiger partial charge >= 0.3 is 6.36 Å². The van der Waals surface area contributed by atoms with Crippen LogP contribution in [0.1, 0.15) is 12.8 Å². The van der Waals surface area contributed by atoms with Gasteiger partial charge in [-0.1, -0.05) is 24.3 Å². The van der Waals surface area contributed by atoms with Crippen LogP contribution in [0.15, 0.2) is 84.0 Å². The number of rotatable bonds is 6. The number of nitrogens with one attached hydrogen (secondary N) is 1. The van der Waals surface area contributed by atoms with Gasteiger partial charge in [-0.05, 0) is 61.4 Å². The van der Waals surface area contributed by atoms with Gasteiger partial charge in [-0.25, -0.2) is 9.97 Å². The molecule has 1 N–H and O–H groups in total. The van der Waals surface area contributed by atoms with Crippen LogP contribution in [-0.4, -0.2) is 47.3 Å². The lowest BCUT2D eigenvalue weighted by Gasteiger charge is -2.23. The van der Waals surface area contributed by atoms with Gasteiger partial charge in [0.05, 0.1) is 52.3 Å². The summed E-state index contributed by atoms with van der Waals surface area (Å²) in [5.41, 5.74) is 3.84. The van der Waals surface area contributed by atoms with E-state index in [-0.39, 0.29) is 17.5 Å². The highest BCUT2D eigenvalue weighted by Crippen LogP contribution is 2.36. The van der Waals surface area contributed by atoms with Gasteiger partial charge in [-0.3, -0.25) is 4.99 Å². The summed E-state index contributed by atoms with van der Waals surface area (Å²) < 4.78 is 57.4. The van der Waals surface area contributed by atoms with Gasteiger partial charge in [0, 0.05) is 19.4 Å². The number of alkyl halides is 3.